The van der Waals surface area contributed by atoms with Gasteiger partial charge in [-0.3, -0.25) is 9.59 Å². The molecule has 0 aliphatic carbocycles. The van der Waals surface area contributed by atoms with Gasteiger partial charge in [-0.25, -0.2) is 0 Å². The molecule has 6 heteroatoms. The number of carbonyl (C=O) groups excluding carboxylic acids is 1. The molecule has 1 unspecified atom stereocenters. The van der Waals surface area contributed by atoms with Crippen molar-refractivity contribution in [2.75, 3.05) is 6.61 Å². The molecule has 1 aromatic heterocycles. The molecule has 5 nitrogen and oxygen atoms in total. The van der Waals surface area contributed by atoms with E-state index in [9.17, 15) is 9.59 Å². The van der Waals surface area contributed by atoms with Gasteiger partial charge in [0.25, 0.3) is 0 Å². The predicted molar refractivity (Wildman–Crippen MR) is 76.6 cm³/mol. The van der Waals surface area contributed by atoms with Crippen LogP contribution in [0.1, 0.15) is 36.8 Å². The summed E-state index contributed by atoms with van der Waals surface area (Å²) < 4.78 is 1.65. The molecule has 0 aromatic carbocycles. The van der Waals surface area contributed by atoms with E-state index < -0.39 is 0 Å². The Morgan fingerprint density at radius 2 is 2.16 bits per heavy atom. The van der Waals surface area contributed by atoms with E-state index >= 15 is 0 Å². The molecule has 0 bridgehead atoms. The molecule has 108 valence electrons. The van der Waals surface area contributed by atoms with Crippen LogP contribution in [-0.2, 0) is 11.3 Å². The lowest BCUT2D eigenvalue weighted by atomic mass is 10.1. The first kappa shape index (κ1) is 15.9. The van der Waals surface area contributed by atoms with E-state index in [1.807, 2.05) is 20.8 Å². The van der Waals surface area contributed by atoms with Crippen molar-refractivity contribution >= 4 is 17.2 Å². The topological polar surface area (TPSA) is 71.3 Å². The lowest BCUT2D eigenvalue weighted by Crippen LogP contribution is -2.35. The molecule has 19 heavy (non-hydrogen) atoms. The Bertz CT molecular complexity index is 479. The van der Waals surface area contributed by atoms with Crippen LogP contribution in [-0.4, -0.2) is 28.2 Å². The second-order valence-electron chi connectivity index (χ2n) is 4.60. The van der Waals surface area contributed by atoms with E-state index in [1.165, 1.54) is 11.3 Å². The summed E-state index contributed by atoms with van der Waals surface area (Å²) in [6.07, 6.45) is 1.65. The van der Waals surface area contributed by atoms with Crippen molar-refractivity contribution in [2.45, 2.75) is 52.6 Å². The number of hydrogen-bond donors (Lipinski definition) is 2. The first-order chi connectivity index (χ1) is 8.99. The van der Waals surface area contributed by atoms with E-state index in [0.717, 1.165) is 17.0 Å². The van der Waals surface area contributed by atoms with E-state index in [1.54, 1.807) is 4.57 Å². The third-order valence-electron chi connectivity index (χ3n) is 3.27. The Labute approximate surface area is 117 Å². The van der Waals surface area contributed by atoms with Crippen LogP contribution in [0.15, 0.2) is 4.79 Å². The number of aromatic nitrogens is 1. The van der Waals surface area contributed by atoms with Gasteiger partial charge >= 0.3 is 4.87 Å². The summed E-state index contributed by atoms with van der Waals surface area (Å²) in [5.74, 6) is -0.0737. The van der Waals surface area contributed by atoms with Gasteiger partial charge in [0.1, 0.15) is 0 Å². The van der Waals surface area contributed by atoms with Gasteiger partial charge in [0.2, 0.25) is 5.91 Å². The molecular formula is C13H22N2O3S. The zero-order valence-corrected chi connectivity index (χ0v) is 12.5. The maximum atomic E-state index is 11.8. The Kier molecular flexibility index (Phi) is 6.24. The molecule has 0 radical (unpaired) electrons. The molecule has 0 saturated heterocycles. The summed E-state index contributed by atoms with van der Waals surface area (Å²) >= 11 is 1.22. The average Bonchev–Trinajstić information content (AvgIpc) is 2.60. The summed E-state index contributed by atoms with van der Waals surface area (Å²) in [5.41, 5.74) is 0.935. The van der Waals surface area contributed by atoms with E-state index in [2.05, 4.69) is 5.32 Å². The molecule has 0 aliphatic heterocycles. The highest BCUT2D eigenvalue weighted by atomic mass is 32.1. The Hall–Kier alpha value is -1.14. The summed E-state index contributed by atoms with van der Waals surface area (Å²) in [5, 5.41) is 11.7. The quantitative estimate of drug-likeness (QED) is 0.791. The van der Waals surface area contributed by atoms with Gasteiger partial charge in [0.15, 0.2) is 0 Å². The number of nitrogens with one attached hydrogen (secondary N) is 1. The van der Waals surface area contributed by atoms with Crippen molar-refractivity contribution < 1.29 is 9.90 Å². The number of amides is 1. The lowest BCUT2D eigenvalue weighted by molar-refractivity contribution is -0.122. The van der Waals surface area contributed by atoms with Gasteiger partial charge in [-0.15, -0.1) is 0 Å². The van der Waals surface area contributed by atoms with Gasteiger partial charge in [-0.1, -0.05) is 18.3 Å². The summed E-state index contributed by atoms with van der Waals surface area (Å²) in [4.78, 5) is 24.4. The van der Waals surface area contributed by atoms with Gasteiger partial charge in [-0.2, -0.15) is 0 Å². The number of aliphatic hydroxyl groups excluding tert-OH is 1. The van der Waals surface area contributed by atoms with E-state index in [4.69, 9.17) is 5.11 Å². The SMILES string of the molecule is CCC(CCO)NC(=O)CCn1c(C)c(C)sc1=O. The highest BCUT2D eigenvalue weighted by molar-refractivity contribution is 7.09. The van der Waals surface area contributed by atoms with Crippen molar-refractivity contribution in [3.63, 3.8) is 0 Å². The summed E-state index contributed by atoms with van der Waals surface area (Å²) in [6, 6.07) is 0.0135. The first-order valence-corrected chi connectivity index (χ1v) is 7.38. The highest BCUT2D eigenvalue weighted by Crippen LogP contribution is 2.09. The minimum absolute atomic E-state index is 0.00907. The maximum Gasteiger partial charge on any atom is 0.307 e. The highest BCUT2D eigenvalue weighted by Gasteiger charge is 2.12. The Morgan fingerprint density at radius 1 is 1.47 bits per heavy atom. The monoisotopic (exact) mass is 286 g/mol. The van der Waals surface area contributed by atoms with Gasteiger partial charge in [0, 0.05) is 36.2 Å². The number of thiazole rings is 1. The Morgan fingerprint density at radius 3 is 2.63 bits per heavy atom. The second-order valence-corrected chi connectivity index (χ2v) is 5.76. The predicted octanol–water partition coefficient (Wildman–Crippen LogP) is 1.19. The third kappa shape index (κ3) is 4.47. The molecule has 0 spiro atoms. The second kappa shape index (κ2) is 7.45. The molecular weight excluding hydrogens is 264 g/mol. The normalized spacial score (nSPS) is 12.4. The number of nitrogens with zero attached hydrogens (tertiary/aromatic N) is 1. The van der Waals surface area contributed by atoms with Crippen molar-refractivity contribution in [3.05, 3.63) is 20.2 Å². The Balaban J connectivity index is 2.52. The number of rotatable bonds is 7. The zero-order chi connectivity index (χ0) is 14.4. The van der Waals surface area contributed by atoms with Crippen molar-refractivity contribution in [2.24, 2.45) is 0 Å². The lowest BCUT2D eigenvalue weighted by Gasteiger charge is -2.15. The largest absolute Gasteiger partial charge is 0.396 e. The zero-order valence-electron chi connectivity index (χ0n) is 11.7. The maximum absolute atomic E-state index is 11.8. The van der Waals surface area contributed by atoms with Crippen LogP contribution < -0.4 is 10.2 Å². The van der Waals surface area contributed by atoms with Crippen LogP contribution in [0.3, 0.4) is 0 Å². The molecule has 0 fully saturated rings. The number of aryl methyl sites for hydroxylation is 1. The van der Waals surface area contributed by atoms with Crippen LogP contribution in [0.25, 0.3) is 0 Å². The molecule has 2 N–H and O–H groups in total. The van der Waals surface area contributed by atoms with Gasteiger partial charge in [0.05, 0.1) is 0 Å². The minimum atomic E-state index is -0.0737. The van der Waals surface area contributed by atoms with Crippen LogP contribution in [0, 0.1) is 13.8 Å². The molecule has 1 aromatic rings. The smallest absolute Gasteiger partial charge is 0.307 e. The van der Waals surface area contributed by atoms with Gasteiger partial charge < -0.3 is 15.0 Å². The molecule has 1 rings (SSSR count). The fourth-order valence-corrected chi connectivity index (χ4v) is 2.75. The molecule has 1 atom stereocenters. The minimum Gasteiger partial charge on any atom is -0.396 e. The van der Waals surface area contributed by atoms with Crippen LogP contribution in [0.2, 0.25) is 0 Å². The van der Waals surface area contributed by atoms with E-state index in [-0.39, 0.29) is 23.4 Å². The summed E-state index contributed by atoms with van der Waals surface area (Å²) in [7, 11) is 0. The van der Waals surface area contributed by atoms with E-state index in [0.29, 0.717) is 19.4 Å². The molecule has 1 amide bonds. The molecule has 0 saturated carbocycles. The standard InChI is InChI=1S/C13H22N2O3S/c1-4-11(6-8-16)14-12(17)5-7-15-9(2)10(3)19-13(15)18/h11,16H,4-8H2,1-3H3,(H,14,17). The fourth-order valence-electron chi connectivity index (χ4n) is 1.89. The fraction of sp³-hybridized carbons (Fsp3) is 0.692. The molecule has 0 aliphatic rings. The van der Waals surface area contributed by atoms with Crippen LogP contribution in [0.4, 0.5) is 0 Å². The van der Waals surface area contributed by atoms with Crippen LogP contribution >= 0.6 is 11.3 Å². The van der Waals surface area contributed by atoms with Crippen molar-refractivity contribution in [1.82, 2.24) is 9.88 Å². The molecule has 1 heterocycles. The average molecular weight is 286 g/mol. The number of aliphatic hydroxyl groups is 1. The number of carbonyl (C=O) groups is 1. The van der Waals surface area contributed by atoms with Crippen molar-refractivity contribution in [1.29, 1.82) is 0 Å². The first-order valence-electron chi connectivity index (χ1n) is 6.56. The number of hydrogen-bond acceptors (Lipinski definition) is 4. The van der Waals surface area contributed by atoms with Crippen LogP contribution in [0.5, 0.6) is 0 Å². The van der Waals surface area contributed by atoms with Crippen molar-refractivity contribution in [3.8, 4) is 0 Å². The van der Waals surface area contributed by atoms with Gasteiger partial charge in [-0.05, 0) is 26.7 Å². The summed E-state index contributed by atoms with van der Waals surface area (Å²) in [6.45, 7) is 6.26. The third-order valence-corrected chi connectivity index (χ3v) is 4.27.